The molecule has 1 saturated carbocycles. The maximum atomic E-state index is 2.41. The van der Waals surface area contributed by atoms with Gasteiger partial charge in [0.25, 0.3) is 0 Å². The molecule has 1 rings (SSSR count). The lowest BCUT2D eigenvalue weighted by molar-refractivity contribution is 0.196. The molecule has 0 aromatic rings. The highest BCUT2D eigenvalue weighted by Gasteiger charge is 2.32. The predicted molar refractivity (Wildman–Crippen MR) is 57.3 cm³/mol. The second-order valence-electron chi connectivity index (χ2n) is 4.88. The standard InChI is InChI=1S/C10H20.C2H6/c1-8-6-5-7-9(8)10(2,3)4;1-2/h8-9H,5-7H2,1-4H3;1-2H3. The Morgan fingerprint density at radius 2 is 1.50 bits per heavy atom. The second-order valence-corrected chi connectivity index (χ2v) is 4.88. The van der Waals surface area contributed by atoms with E-state index in [4.69, 9.17) is 0 Å². The van der Waals surface area contributed by atoms with Crippen molar-refractivity contribution in [2.45, 2.75) is 60.8 Å². The van der Waals surface area contributed by atoms with Gasteiger partial charge >= 0.3 is 0 Å². The molecule has 0 saturated heterocycles. The summed E-state index contributed by atoms with van der Waals surface area (Å²) in [5.74, 6) is 1.95. The van der Waals surface area contributed by atoms with Crippen molar-refractivity contribution in [1.82, 2.24) is 0 Å². The van der Waals surface area contributed by atoms with Crippen molar-refractivity contribution in [3.05, 3.63) is 0 Å². The van der Waals surface area contributed by atoms with Crippen LogP contribution in [0, 0.1) is 17.3 Å². The Hall–Kier alpha value is 0. The van der Waals surface area contributed by atoms with Gasteiger partial charge in [-0.05, 0) is 23.7 Å². The Labute approximate surface area is 78.8 Å². The van der Waals surface area contributed by atoms with Crippen LogP contribution >= 0.6 is 0 Å². The topological polar surface area (TPSA) is 0 Å². The minimum Gasteiger partial charge on any atom is -0.0683 e. The van der Waals surface area contributed by atoms with E-state index in [0.717, 1.165) is 11.8 Å². The summed E-state index contributed by atoms with van der Waals surface area (Å²) in [6.45, 7) is 13.5. The summed E-state index contributed by atoms with van der Waals surface area (Å²) in [6, 6.07) is 0. The van der Waals surface area contributed by atoms with Crippen LogP contribution in [0.1, 0.15) is 60.8 Å². The summed E-state index contributed by atoms with van der Waals surface area (Å²) < 4.78 is 0. The van der Waals surface area contributed by atoms with Crippen LogP contribution in [0.4, 0.5) is 0 Å². The molecular formula is C12H26. The number of rotatable bonds is 0. The first kappa shape index (κ1) is 12.0. The van der Waals surface area contributed by atoms with Gasteiger partial charge in [0, 0.05) is 0 Å². The summed E-state index contributed by atoms with van der Waals surface area (Å²) >= 11 is 0. The molecular weight excluding hydrogens is 144 g/mol. The van der Waals surface area contributed by atoms with Gasteiger partial charge in [-0.2, -0.15) is 0 Å². The van der Waals surface area contributed by atoms with Gasteiger partial charge in [-0.15, -0.1) is 0 Å². The lowest BCUT2D eigenvalue weighted by Crippen LogP contribution is -2.22. The molecule has 0 amide bonds. The van der Waals surface area contributed by atoms with Gasteiger partial charge in [0.1, 0.15) is 0 Å². The smallest absolute Gasteiger partial charge is 0.0340 e. The van der Waals surface area contributed by atoms with Gasteiger partial charge in [-0.25, -0.2) is 0 Å². The first-order chi connectivity index (χ1) is 5.52. The molecule has 0 radical (unpaired) electrons. The Morgan fingerprint density at radius 3 is 1.67 bits per heavy atom. The first-order valence-electron chi connectivity index (χ1n) is 5.52. The van der Waals surface area contributed by atoms with Crippen molar-refractivity contribution in [1.29, 1.82) is 0 Å². The summed E-state index contributed by atoms with van der Waals surface area (Å²) in [5, 5.41) is 0. The number of hydrogen-bond acceptors (Lipinski definition) is 0. The fourth-order valence-electron chi connectivity index (χ4n) is 2.43. The molecule has 2 atom stereocenters. The van der Waals surface area contributed by atoms with E-state index in [9.17, 15) is 0 Å². The van der Waals surface area contributed by atoms with Gasteiger partial charge < -0.3 is 0 Å². The van der Waals surface area contributed by atoms with E-state index < -0.39 is 0 Å². The Balaban J connectivity index is 0.000000561. The van der Waals surface area contributed by atoms with Crippen molar-refractivity contribution >= 4 is 0 Å². The predicted octanol–water partition coefficient (Wildman–Crippen LogP) is 4.49. The van der Waals surface area contributed by atoms with Gasteiger partial charge in [0.2, 0.25) is 0 Å². The molecule has 0 spiro atoms. The third-order valence-corrected chi connectivity index (χ3v) is 2.97. The lowest BCUT2D eigenvalue weighted by Gasteiger charge is -2.30. The molecule has 0 N–H and O–H groups in total. The first-order valence-corrected chi connectivity index (χ1v) is 5.52. The minimum absolute atomic E-state index is 0.552. The maximum Gasteiger partial charge on any atom is -0.0340 e. The Bertz CT molecular complexity index is 108. The van der Waals surface area contributed by atoms with E-state index in [1.807, 2.05) is 13.8 Å². The molecule has 0 aromatic carbocycles. The number of hydrogen-bond donors (Lipinski definition) is 0. The van der Waals surface area contributed by atoms with Crippen LogP contribution in [0.2, 0.25) is 0 Å². The zero-order valence-electron chi connectivity index (χ0n) is 9.78. The van der Waals surface area contributed by atoms with E-state index in [1.165, 1.54) is 19.3 Å². The molecule has 74 valence electrons. The van der Waals surface area contributed by atoms with Crippen molar-refractivity contribution in [2.75, 3.05) is 0 Å². The van der Waals surface area contributed by atoms with E-state index in [0.29, 0.717) is 5.41 Å². The fourth-order valence-corrected chi connectivity index (χ4v) is 2.43. The van der Waals surface area contributed by atoms with E-state index in [2.05, 4.69) is 27.7 Å². The van der Waals surface area contributed by atoms with E-state index in [1.54, 1.807) is 0 Å². The van der Waals surface area contributed by atoms with Crippen LogP contribution in [0.5, 0.6) is 0 Å². The molecule has 1 fully saturated rings. The zero-order chi connectivity index (χ0) is 9.78. The third-order valence-electron chi connectivity index (χ3n) is 2.97. The SMILES string of the molecule is CC.CC1CCCC1C(C)(C)C. The Morgan fingerprint density at radius 1 is 1.00 bits per heavy atom. The quantitative estimate of drug-likeness (QED) is 0.502. The molecule has 1 aliphatic carbocycles. The van der Waals surface area contributed by atoms with Crippen LogP contribution in [-0.2, 0) is 0 Å². The summed E-state index contributed by atoms with van der Waals surface area (Å²) in [5.41, 5.74) is 0.552. The van der Waals surface area contributed by atoms with Crippen molar-refractivity contribution < 1.29 is 0 Å². The van der Waals surface area contributed by atoms with Crippen molar-refractivity contribution in [2.24, 2.45) is 17.3 Å². The minimum atomic E-state index is 0.552. The molecule has 0 aromatic heterocycles. The van der Waals surface area contributed by atoms with Gasteiger partial charge in [-0.1, -0.05) is 54.4 Å². The van der Waals surface area contributed by atoms with Crippen LogP contribution in [0.25, 0.3) is 0 Å². The average molecular weight is 170 g/mol. The largest absolute Gasteiger partial charge is 0.0683 e. The molecule has 0 heteroatoms. The molecule has 12 heavy (non-hydrogen) atoms. The summed E-state index contributed by atoms with van der Waals surface area (Å²) in [6.07, 6.45) is 4.38. The normalized spacial score (nSPS) is 29.5. The average Bonchev–Trinajstić information content (AvgIpc) is 2.38. The van der Waals surface area contributed by atoms with Crippen molar-refractivity contribution in [3.63, 3.8) is 0 Å². The Kier molecular flexibility index (Phi) is 4.89. The van der Waals surface area contributed by atoms with Gasteiger partial charge in [-0.3, -0.25) is 0 Å². The van der Waals surface area contributed by atoms with Crippen LogP contribution < -0.4 is 0 Å². The van der Waals surface area contributed by atoms with Crippen LogP contribution in [0.3, 0.4) is 0 Å². The molecule has 0 aliphatic heterocycles. The zero-order valence-corrected chi connectivity index (χ0v) is 9.78. The van der Waals surface area contributed by atoms with Crippen LogP contribution in [-0.4, -0.2) is 0 Å². The highest BCUT2D eigenvalue weighted by Crippen LogP contribution is 2.42. The van der Waals surface area contributed by atoms with Gasteiger partial charge in [0.05, 0.1) is 0 Å². The molecule has 0 nitrogen and oxygen atoms in total. The van der Waals surface area contributed by atoms with Crippen molar-refractivity contribution in [3.8, 4) is 0 Å². The molecule has 0 bridgehead atoms. The van der Waals surface area contributed by atoms with Gasteiger partial charge in [0.15, 0.2) is 0 Å². The molecule has 2 unspecified atom stereocenters. The molecule has 1 aliphatic rings. The third kappa shape index (κ3) is 3.16. The monoisotopic (exact) mass is 170 g/mol. The maximum absolute atomic E-state index is 2.41. The lowest BCUT2D eigenvalue weighted by atomic mass is 9.75. The van der Waals surface area contributed by atoms with Crippen LogP contribution in [0.15, 0.2) is 0 Å². The second kappa shape index (κ2) is 4.89. The van der Waals surface area contributed by atoms with E-state index >= 15 is 0 Å². The highest BCUT2D eigenvalue weighted by atomic mass is 14.4. The molecule has 0 heterocycles. The highest BCUT2D eigenvalue weighted by molar-refractivity contribution is 4.83. The summed E-state index contributed by atoms with van der Waals surface area (Å²) in [7, 11) is 0. The fraction of sp³-hybridized carbons (Fsp3) is 1.00. The summed E-state index contributed by atoms with van der Waals surface area (Å²) in [4.78, 5) is 0. The van der Waals surface area contributed by atoms with E-state index in [-0.39, 0.29) is 0 Å².